The van der Waals surface area contributed by atoms with E-state index >= 15 is 0 Å². The van der Waals surface area contributed by atoms with E-state index in [9.17, 15) is 9.59 Å². The van der Waals surface area contributed by atoms with Crippen LogP contribution in [0.2, 0.25) is 0 Å². The van der Waals surface area contributed by atoms with Crippen LogP contribution in [0.1, 0.15) is 52.9 Å². The first-order chi connectivity index (χ1) is 13.2. The third-order valence-electron chi connectivity index (χ3n) is 5.32. The Morgan fingerprint density at radius 2 is 2.04 bits per heavy atom. The maximum Gasteiger partial charge on any atom is 0.276 e. The maximum atomic E-state index is 13.0. The van der Waals surface area contributed by atoms with E-state index in [1.165, 1.54) is 12.4 Å². The molecule has 0 radical (unpaired) electrons. The van der Waals surface area contributed by atoms with Gasteiger partial charge in [-0.15, -0.1) is 0 Å². The Labute approximate surface area is 157 Å². The maximum absolute atomic E-state index is 13.0. The van der Waals surface area contributed by atoms with Crippen molar-refractivity contribution < 1.29 is 14.1 Å². The van der Waals surface area contributed by atoms with Crippen molar-refractivity contribution in [2.24, 2.45) is 5.92 Å². The molecule has 2 atom stereocenters. The van der Waals surface area contributed by atoms with Crippen LogP contribution >= 0.6 is 0 Å². The molecule has 0 aliphatic carbocycles. The number of aryl methyl sites for hydroxylation is 1. The predicted molar refractivity (Wildman–Crippen MR) is 96.0 cm³/mol. The van der Waals surface area contributed by atoms with Gasteiger partial charge in [-0.05, 0) is 25.2 Å². The number of amides is 2. The number of carbonyl (C=O) groups is 2. The SMILES string of the molecule is CCCc1cc(C(=O)N2C[C@H]3CC[C@@H]2CN(C(=O)c2cnccn2)C3)no1. The van der Waals surface area contributed by atoms with Crippen LogP contribution in [0.15, 0.2) is 29.2 Å². The molecule has 5 heterocycles. The molecule has 2 aromatic heterocycles. The van der Waals surface area contributed by atoms with Crippen LogP contribution in [0.4, 0.5) is 0 Å². The highest BCUT2D eigenvalue weighted by Gasteiger charge is 2.40. The van der Waals surface area contributed by atoms with Crippen molar-refractivity contribution in [3.8, 4) is 0 Å². The molecule has 3 aliphatic rings. The number of carbonyl (C=O) groups excluding carboxylic acids is 2. The summed E-state index contributed by atoms with van der Waals surface area (Å²) in [5, 5.41) is 3.96. The predicted octanol–water partition coefficient (Wildman–Crippen LogP) is 1.79. The normalized spacial score (nSPS) is 22.0. The quantitative estimate of drug-likeness (QED) is 0.816. The molecule has 0 N–H and O–H groups in total. The van der Waals surface area contributed by atoms with E-state index in [4.69, 9.17) is 4.52 Å². The zero-order valence-corrected chi connectivity index (χ0v) is 15.4. The van der Waals surface area contributed by atoms with Crippen molar-refractivity contribution in [3.05, 3.63) is 41.8 Å². The zero-order valence-electron chi connectivity index (χ0n) is 15.4. The van der Waals surface area contributed by atoms with Crippen molar-refractivity contribution in [2.45, 2.75) is 38.6 Å². The van der Waals surface area contributed by atoms with Crippen LogP contribution in [0.3, 0.4) is 0 Å². The van der Waals surface area contributed by atoms with Crippen molar-refractivity contribution >= 4 is 11.8 Å². The average molecular weight is 369 g/mol. The lowest BCUT2D eigenvalue weighted by atomic mass is 9.94. The summed E-state index contributed by atoms with van der Waals surface area (Å²) < 4.78 is 5.27. The molecule has 3 saturated heterocycles. The third kappa shape index (κ3) is 3.56. The molecule has 0 saturated carbocycles. The first kappa shape index (κ1) is 17.6. The molecule has 2 amide bonds. The lowest BCUT2D eigenvalue weighted by Crippen LogP contribution is -2.47. The first-order valence-corrected chi connectivity index (χ1v) is 9.47. The summed E-state index contributed by atoms with van der Waals surface area (Å²) in [4.78, 5) is 37.6. The molecule has 142 valence electrons. The van der Waals surface area contributed by atoms with Crippen LogP contribution in [-0.4, -0.2) is 62.4 Å². The molecule has 2 aromatic rings. The van der Waals surface area contributed by atoms with E-state index in [-0.39, 0.29) is 23.8 Å². The highest BCUT2D eigenvalue weighted by atomic mass is 16.5. The minimum Gasteiger partial charge on any atom is -0.361 e. The minimum atomic E-state index is -0.124. The Bertz CT molecular complexity index is 822. The molecule has 0 unspecified atom stereocenters. The van der Waals surface area contributed by atoms with E-state index < -0.39 is 0 Å². The molecule has 0 aromatic carbocycles. The molecule has 0 spiro atoms. The van der Waals surface area contributed by atoms with Gasteiger partial charge in [0.25, 0.3) is 11.8 Å². The number of aromatic nitrogens is 3. The lowest BCUT2D eigenvalue weighted by Gasteiger charge is -2.35. The summed E-state index contributed by atoms with van der Waals surface area (Å²) in [6.07, 6.45) is 8.17. The van der Waals surface area contributed by atoms with Gasteiger partial charge in [0.05, 0.1) is 6.20 Å². The molecule has 8 nitrogen and oxygen atoms in total. The van der Waals surface area contributed by atoms with Crippen molar-refractivity contribution in [1.82, 2.24) is 24.9 Å². The molecule has 2 bridgehead atoms. The number of fused-ring (bicyclic) bond motifs is 4. The zero-order chi connectivity index (χ0) is 18.8. The van der Waals surface area contributed by atoms with Crippen LogP contribution in [-0.2, 0) is 6.42 Å². The molecular weight excluding hydrogens is 346 g/mol. The number of nitrogens with zero attached hydrogens (tertiary/aromatic N) is 5. The largest absolute Gasteiger partial charge is 0.361 e. The van der Waals surface area contributed by atoms with Gasteiger partial charge < -0.3 is 14.3 Å². The second-order valence-corrected chi connectivity index (χ2v) is 7.28. The van der Waals surface area contributed by atoms with E-state index in [1.807, 2.05) is 9.80 Å². The number of rotatable bonds is 4. The third-order valence-corrected chi connectivity index (χ3v) is 5.32. The van der Waals surface area contributed by atoms with Crippen molar-refractivity contribution in [3.63, 3.8) is 0 Å². The van der Waals surface area contributed by atoms with Gasteiger partial charge in [-0.2, -0.15) is 0 Å². The van der Waals surface area contributed by atoms with E-state index in [0.717, 1.165) is 31.4 Å². The Morgan fingerprint density at radius 1 is 1.15 bits per heavy atom. The van der Waals surface area contributed by atoms with Crippen molar-refractivity contribution in [1.29, 1.82) is 0 Å². The number of piperidine rings is 1. The fraction of sp³-hybridized carbons (Fsp3) is 0.526. The monoisotopic (exact) mass is 369 g/mol. The van der Waals surface area contributed by atoms with E-state index in [2.05, 4.69) is 22.0 Å². The standard InChI is InChI=1S/C19H23N5O3/c1-2-3-15-8-16(22-27-15)19(26)24-11-13-4-5-14(24)12-23(10-13)18(25)17-9-20-6-7-21-17/h6-9,13-14H,2-5,10-12H2,1H3/t13-,14+/m0/s1. The number of hydrogen-bond acceptors (Lipinski definition) is 6. The Hall–Kier alpha value is -2.77. The molecular formula is C19H23N5O3. The highest BCUT2D eigenvalue weighted by Crippen LogP contribution is 2.29. The van der Waals surface area contributed by atoms with Crippen LogP contribution in [0, 0.1) is 5.92 Å². The molecule has 3 fully saturated rings. The Morgan fingerprint density at radius 3 is 2.81 bits per heavy atom. The molecule has 27 heavy (non-hydrogen) atoms. The fourth-order valence-corrected chi connectivity index (χ4v) is 3.99. The number of hydrogen-bond donors (Lipinski definition) is 0. The Balaban J connectivity index is 1.51. The summed E-state index contributed by atoms with van der Waals surface area (Å²) in [6, 6.07) is 1.73. The van der Waals surface area contributed by atoms with Gasteiger partial charge in [-0.1, -0.05) is 12.1 Å². The van der Waals surface area contributed by atoms with Gasteiger partial charge in [0, 0.05) is 50.6 Å². The molecule has 5 rings (SSSR count). The second-order valence-electron chi connectivity index (χ2n) is 7.28. The lowest BCUT2D eigenvalue weighted by molar-refractivity contribution is 0.0564. The van der Waals surface area contributed by atoms with Gasteiger partial charge in [-0.25, -0.2) is 4.98 Å². The van der Waals surface area contributed by atoms with Crippen LogP contribution in [0.25, 0.3) is 0 Å². The summed E-state index contributed by atoms with van der Waals surface area (Å²) >= 11 is 0. The summed E-state index contributed by atoms with van der Waals surface area (Å²) in [5.74, 6) is 0.765. The summed E-state index contributed by atoms with van der Waals surface area (Å²) in [7, 11) is 0. The Kier molecular flexibility index (Phi) is 4.87. The average Bonchev–Trinajstić information content (AvgIpc) is 2.97. The van der Waals surface area contributed by atoms with Crippen LogP contribution in [0.5, 0.6) is 0 Å². The van der Waals surface area contributed by atoms with Gasteiger partial charge in [0.1, 0.15) is 11.5 Å². The topological polar surface area (TPSA) is 92.4 Å². The van der Waals surface area contributed by atoms with E-state index in [1.54, 1.807) is 12.3 Å². The summed E-state index contributed by atoms with van der Waals surface area (Å²) in [5.41, 5.74) is 0.704. The van der Waals surface area contributed by atoms with Gasteiger partial charge in [0.15, 0.2) is 5.69 Å². The van der Waals surface area contributed by atoms with Crippen molar-refractivity contribution in [2.75, 3.05) is 19.6 Å². The van der Waals surface area contributed by atoms with E-state index in [0.29, 0.717) is 31.0 Å². The van der Waals surface area contributed by atoms with Crippen LogP contribution < -0.4 is 0 Å². The molecule has 3 aliphatic heterocycles. The highest BCUT2D eigenvalue weighted by molar-refractivity contribution is 5.93. The first-order valence-electron chi connectivity index (χ1n) is 9.47. The van der Waals surface area contributed by atoms with Gasteiger partial charge >= 0.3 is 0 Å². The summed E-state index contributed by atoms with van der Waals surface area (Å²) in [6.45, 7) is 3.84. The van der Waals surface area contributed by atoms with Gasteiger partial charge in [-0.3, -0.25) is 14.6 Å². The minimum absolute atomic E-state index is 0.0109. The fourth-order valence-electron chi connectivity index (χ4n) is 3.99. The second kappa shape index (κ2) is 7.46. The smallest absolute Gasteiger partial charge is 0.276 e. The molecule has 8 heteroatoms. The van der Waals surface area contributed by atoms with Gasteiger partial charge in [0.2, 0.25) is 0 Å².